The van der Waals surface area contributed by atoms with Crippen LogP contribution in [0.2, 0.25) is 0 Å². The van der Waals surface area contributed by atoms with Gasteiger partial charge in [0.2, 0.25) is 0 Å². The molecule has 1 fully saturated rings. The number of aliphatic imine (C=N–C) groups is 1. The minimum atomic E-state index is -0.370. The Hall–Kier alpha value is -1.08. The van der Waals surface area contributed by atoms with Crippen molar-refractivity contribution in [2.45, 2.75) is 6.04 Å². The number of benzene rings is 1. The van der Waals surface area contributed by atoms with Gasteiger partial charge < -0.3 is 4.90 Å². The monoisotopic (exact) mass is 327 g/mol. The van der Waals surface area contributed by atoms with Crippen LogP contribution in [0.3, 0.4) is 0 Å². The van der Waals surface area contributed by atoms with Gasteiger partial charge in [-0.1, -0.05) is 17.8 Å². The maximum atomic E-state index is 10.9. The van der Waals surface area contributed by atoms with Crippen LogP contribution in [0.25, 0.3) is 0 Å². The van der Waals surface area contributed by atoms with Gasteiger partial charge in [-0.15, -0.1) is 0 Å². The molecule has 3 rings (SSSR count). The third kappa shape index (κ3) is 2.01. The summed E-state index contributed by atoms with van der Waals surface area (Å²) in [4.78, 5) is 17.4. The molecular formula is C11H10BrN3O2S. The molecule has 0 N–H and O–H groups in total. The fraction of sp³-hybridized carbons (Fsp3) is 0.364. The predicted molar refractivity (Wildman–Crippen MR) is 75.0 cm³/mol. The first kappa shape index (κ1) is 12.0. The van der Waals surface area contributed by atoms with Crippen LogP contribution in [0.4, 0.5) is 5.69 Å². The van der Waals surface area contributed by atoms with E-state index in [-0.39, 0.29) is 16.7 Å². The van der Waals surface area contributed by atoms with E-state index in [9.17, 15) is 10.1 Å². The van der Waals surface area contributed by atoms with Crippen molar-refractivity contribution >= 4 is 38.5 Å². The second-order valence-corrected chi connectivity index (χ2v) is 6.11. The third-order valence-corrected chi connectivity index (χ3v) is 4.75. The van der Waals surface area contributed by atoms with Gasteiger partial charge in [0.25, 0.3) is 5.69 Å². The molecule has 5 nitrogen and oxygen atoms in total. The minimum absolute atomic E-state index is 0.0274. The van der Waals surface area contributed by atoms with Crippen LogP contribution < -0.4 is 0 Å². The molecule has 1 aromatic rings. The molecule has 2 aliphatic rings. The van der Waals surface area contributed by atoms with Crippen molar-refractivity contribution in [1.82, 2.24) is 4.90 Å². The maximum Gasteiger partial charge on any atom is 0.283 e. The summed E-state index contributed by atoms with van der Waals surface area (Å²) in [6, 6.07) is 5.27. The topological polar surface area (TPSA) is 58.7 Å². The lowest BCUT2D eigenvalue weighted by molar-refractivity contribution is -0.385. The number of nitro benzene ring substituents is 1. The predicted octanol–water partition coefficient (Wildman–Crippen LogP) is 2.82. The quantitative estimate of drug-likeness (QED) is 0.619. The van der Waals surface area contributed by atoms with E-state index in [0.717, 1.165) is 29.6 Å². The Labute approximate surface area is 117 Å². The number of amidine groups is 1. The van der Waals surface area contributed by atoms with Crippen LogP contribution in [-0.2, 0) is 0 Å². The molecule has 2 heterocycles. The van der Waals surface area contributed by atoms with Gasteiger partial charge in [0, 0.05) is 24.9 Å². The highest BCUT2D eigenvalue weighted by Gasteiger charge is 2.31. The molecular weight excluding hydrogens is 318 g/mol. The first-order valence-electron chi connectivity index (χ1n) is 5.54. The van der Waals surface area contributed by atoms with Crippen molar-refractivity contribution in [1.29, 1.82) is 0 Å². The Morgan fingerprint density at radius 3 is 3.11 bits per heavy atom. The average Bonchev–Trinajstić information content (AvgIpc) is 2.89. The van der Waals surface area contributed by atoms with Gasteiger partial charge in [-0.3, -0.25) is 15.1 Å². The summed E-state index contributed by atoms with van der Waals surface area (Å²) in [6.45, 7) is 1.86. The highest BCUT2D eigenvalue weighted by molar-refractivity contribution is 9.10. The first-order valence-corrected chi connectivity index (χ1v) is 7.32. The number of nitrogens with zero attached hydrogens (tertiary/aromatic N) is 3. The van der Waals surface area contributed by atoms with E-state index in [4.69, 9.17) is 0 Å². The van der Waals surface area contributed by atoms with Crippen molar-refractivity contribution in [2.75, 3.05) is 18.8 Å². The third-order valence-electron chi connectivity index (χ3n) is 3.07. The van der Waals surface area contributed by atoms with Gasteiger partial charge >= 0.3 is 0 Å². The standard InChI is InChI=1S/C11H10BrN3O2S/c12-8-2-1-7(5-10(8)15(16)17)9-6-14-3-4-18-11(14)13-9/h1-2,5,9H,3-4,6H2. The molecule has 7 heteroatoms. The highest BCUT2D eigenvalue weighted by atomic mass is 79.9. The normalized spacial score (nSPS) is 21.9. The average molecular weight is 328 g/mol. The van der Waals surface area contributed by atoms with Gasteiger partial charge in [0.05, 0.1) is 15.4 Å². The lowest BCUT2D eigenvalue weighted by Crippen LogP contribution is -2.21. The van der Waals surface area contributed by atoms with Gasteiger partial charge in [-0.2, -0.15) is 0 Å². The van der Waals surface area contributed by atoms with Crippen molar-refractivity contribution < 1.29 is 4.92 Å². The second kappa shape index (κ2) is 4.55. The van der Waals surface area contributed by atoms with Gasteiger partial charge in [0.15, 0.2) is 5.17 Å². The molecule has 0 radical (unpaired) electrons. The molecule has 1 unspecified atom stereocenters. The summed E-state index contributed by atoms with van der Waals surface area (Å²) in [5, 5.41) is 12.0. The molecule has 0 aliphatic carbocycles. The van der Waals surface area contributed by atoms with Crippen molar-refractivity contribution in [3.8, 4) is 0 Å². The SMILES string of the molecule is O=[N+]([O-])c1cc(C2CN3CCSC3=N2)ccc1Br. The summed E-state index contributed by atoms with van der Waals surface area (Å²) in [5.41, 5.74) is 1.01. The Morgan fingerprint density at radius 1 is 1.56 bits per heavy atom. The van der Waals surface area contributed by atoms with Crippen LogP contribution in [0.1, 0.15) is 11.6 Å². The van der Waals surface area contributed by atoms with E-state index in [2.05, 4.69) is 25.8 Å². The van der Waals surface area contributed by atoms with E-state index in [0.29, 0.717) is 4.47 Å². The van der Waals surface area contributed by atoms with Crippen LogP contribution in [-0.4, -0.2) is 33.8 Å². The smallest absolute Gasteiger partial charge is 0.283 e. The zero-order valence-electron chi connectivity index (χ0n) is 9.38. The molecule has 2 aliphatic heterocycles. The van der Waals surface area contributed by atoms with E-state index in [1.807, 2.05) is 6.07 Å². The molecule has 0 amide bonds. The molecule has 18 heavy (non-hydrogen) atoms. The molecule has 1 saturated heterocycles. The van der Waals surface area contributed by atoms with Gasteiger partial charge in [-0.05, 0) is 27.6 Å². The molecule has 0 aromatic heterocycles. The number of thioether (sulfide) groups is 1. The van der Waals surface area contributed by atoms with Crippen LogP contribution in [0.5, 0.6) is 0 Å². The van der Waals surface area contributed by atoms with E-state index in [1.54, 1.807) is 23.9 Å². The zero-order valence-corrected chi connectivity index (χ0v) is 11.8. The molecule has 0 saturated carbocycles. The first-order chi connectivity index (χ1) is 8.65. The largest absolute Gasteiger partial charge is 0.348 e. The minimum Gasteiger partial charge on any atom is -0.348 e. The van der Waals surface area contributed by atoms with Crippen molar-refractivity contribution in [2.24, 2.45) is 4.99 Å². The maximum absolute atomic E-state index is 10.9. The number of halogens is 1. The van der Waals surface area contributed by atoms with Crippen molar-refractivity contribution in [3.05, 3.63) is 38.3 Å². The van der Waals surface area contributed by atoms with E-state index < -0.39 is 0 Å². The Morgan fingerprint density at radius 2 is 2.39 bits per heavy atom. The number of hydrogen-bond acceptors (Lipinski definition) is 5. The lowest BCUT2D eigenvalue weighted by atomic mass is 10.1. The Kier molecular flexibility index (Phi) is 3.03. The molecule has 1 atom stereocenters. The second-order valence-electron chi connectivity index (χ2n) is 4.19. The Balaban J connectivity index is 1.92. The summed E-state index contributed by atoms with van der Waals surface area (Å²) in [5.74, 6) is 1.09. The number of rotatable bonds is 2. The molecule has 94 valence electrons. The van der Waals surface area contributed by atoms with Gasteiger partial charge in [-0.25, -0.2) is 0 Å². The van der Waals surface area contributed by atoms with Crippen LogP contribution >= 0.6 is 27.7 Å². The zero-order chi connectivity index (χ0) is 12.7. The number of hydrogen-bond donors (Lipinski definition) is 0. The summed E-state index contributed by atoms with van der Waals surface area (Å²) in [6.07, 6.45) is 0. The lowest BCUT2D eigenvalue weighted by Gasteiger charge is -2.12. The summed E-state index contributed by atoms with van der Waals surface area (Å²) >= 11 is 4.95. The Bertz CT molecular complexity index is 549. The summed E-state index contributed by atoms with van der Waals surface area (Å²) < 4.78 is 0.511. The number of fused-ring (bicyclic) bond motifs is 1. The highest BCUT2D eigenvalue weighted by Crippen LogP contribution is 2.35. The number of nitro groups is 1. The van der Waals surface area contributed by atoms with E-state index >= 15 is 0 Å². The van der Waals surface area contributed by atoms with Crippen molar-refractivity contribution in [3.63, 3.8) is 0 Å². The fourth-order valence-electron chi connectivity index (χ4n) is 2.16. The molecule has 1 aromatic carbocycles. The fourth-order valence-corrected chi connectivity index (χ4v) is 3.60. The summed E-state index contributed by atoms with van der Waals surface area (Å²) in [7, 11) is 0. The van der Waals surface area contributed by atoms with Gasteiger partial charge in [0.1, 0.15) is 0 Å². The van der Waals surface area contributed by atoms with E-state index in [1.165, 1.54) is 0 Å². The molecule has 0 bridgehead atoms. The molecule has 0 spiro atoms. The van der Waals surface area contributed by atoms with Crippen LogP contribution in [0.15, 0.2) is 27.7 Å². The van der Waals surface area contributed by atoms with Crippen LogP contribution in [0, 0.1) is 10.1 Å².